The van der Waals surface area contributed by atoms with Gasteiger partial charge in [-0.15, -0.1) is 0 Å². The summed E-state index contributed by atoms with van der Waals surface area (Å²) in [6.07, 6.45) is 1.10. The Kier molecular flexibility index (Phi) is 3.33. The molecule has 2 rings (SSSR count). The van der Waals surface area contributed by atoms with Gasteiger partial charge in [0, 0.05) is 11.6 Å². The molecule has 2 heterocycles. The smallest absolute Gasteiger partial charge is 0.214 e. The van der Waals surface area contributed by atoms with Crippen molar-refractivity contribution in [2.24, 2.45) is 0 Å². The molecule has 17 heavy (non-hydrogen) atoms. The van der Waals surface area contributed by atoms with E-state index in [-0.39, 0.29) is 0 Å². The average molecular weight is 234 g/mol. The van der Waals surface area contributed by atoms with E-state index in [1.807, 2.05) is 25.1 Å². The van der Waals surface area contributed by atoms with Crippen molar-refractivity contribution in [2.75, 3.05) is 7.11 Å². The highest BCUT2D eigenvalue weighted by Crippen LogP contribution is 2.26. The van der Waals surface area contributed by atoms with E-state index in [0.29, 0.717) is 12.3 Å². The van der Waals surface area contributed by atoms with Crippen LogP contribution in [0, 0.1) is 0 Å². The summed E-state index contributed by atoms with van der Waals surface area (Å²) in [5, 5.41) is 14.5. The minimum atomic E-state index is -0.454. The van der Waals surface area contributed by atoms with Gasteiger partial charge in [0.15, 0.2) is 0 Å². The maximum atomic E-state index is 9.99. The zero-order valence-electron chi connectivity index (χ0n) is 10.5. The molecule has 0 aliphatic heterocycles. The van der Waals surface area contributed by atoms with Gasteiger partial charge in [0.1, 0.15) is 0 Å². The fourth-order valence-electron chi connectivity index (χ4n) is 1.95. The van der Waals surface area contributed by atoms with Crippen LogP contribution in [0.25, 0.3) is 5.52 Å². The third-order valence-corrected chi connectivity index (χ3v) is 2.99. The average Bonchev–Trinajstić information content (AvgIpc) is 2.80. The Bertz CT molecular complexity index is 519. The number of aromatic nitrogens is 2. The molecule has 0 amide bonds. The van der Waals surface area contributed by atoms with Crippen LogP contribution in [0.5, 0.6) is 5.88 Å². The van der Waals surface area contributed by atoms with Crippen LogP contribution in [0.15, 0.2) is 18.2 Å². The van der Waals surface area contributed by atoms with Gasteiger partial charge in [-0.05, 0) is 25.0 Å². The molecule has 0 bridgehead atoms. The second kappa shape index (κ2) is 4.75. The number of hydrogen-bond donors (Lipinski definition) is 1. The lowest BCUT2D eigenvalue weighted by atomic mass is 10.1. The number of fused-ring (bicyclic) bond motifs is 1. The summed E-state index contributed by atoms with van der Waals surface area (Å²) >= 11 is 0. The fraction of sp³-hybridized carbons (Fsp3) is 0.462. The Morgan fingerprint density at radius 2 is 2.18 bits per heavy atom. The monoisotopic (exact) mass is 234 g/mol. The molecule has 92 valence electrons. The first kappa shape index (κ1) is 11.9. The van der Waals surface area contributed by atoms with Crippen molar-refractivity contribution in [3.05, 3.63) is 29.5 Å². The van der Waals surface area contributed by atoms with E-state index >= 15 is 0 Å². The van der Waals surface area contributed by atoms with Gasteiger partial charge >= 0.3 is 0 Å². The minimum absolute atomic E-state index is 0.454. The second-order valence-corrected chi connectivity index (χ2v) is 4.04. The van der Waals surface area contributed by atoms with Gasteiger partial charge in [-0.2, -0.15) is 5.10 Å². The van der Waals surface area contributed by atoms with Gasteiger partial charge in [-0.1, -0.05) is 13.8 Å². The quantitative estimate of drug-likeness (QED) is 0.883. The molecule has 4 nitrogen and oxygen atoms in total. The van der Waals surface area contributed by atoms with Crippen LogP contribution < -0.4 is 4.74 Å². The van der Waals surface area contributed by atoms with Gasteiger partial charge in [0.2, 0.25) is 5.88 Å². The third kappa shape index (κ3) is 2.00. The molecule has 0 spiro atoms. The van der Waals surface area contributed by atoms with Crippen LogP contribution in [0.3, 0.4) is 0 Å². The molecule has 0 saturated heterocycles. The molecule has 1 unspecified atom stereocenters. The Morgan fingerprint density at radius 1 is 1.41 bits per heavy atom. The summed E-state index contributed by atoms with van der Waals surface area (Å²) in [6, 6.07) is 5.76. The second-order valence-electron chi connectivity index (χ2n) is 4.04. The lowest BCUT2D eigenvalue weighted by Gasteiger charge is -2.11. The van der Waals surface area contributed by atoms with E-state index in [2.05, 4.69) is 12.0 Å². The molecule has 0 saturated carbocycles. The maximum absolute atomic E-state index is 9.99. The number of hydrogen-bond acceptors (Lipinski definition) is 3. The molecule has 0 radical (unpaired) electrons. The number of aliphatic hydroxyl groups is 1. The van der Waals surface area contributed by atoms with E-state index in [9.17, 15) is 5.11 Å². The van der Waals surface area contributed by atoms with Crippen LogP contribution >= 0.6 is 0 Å². The van der Waals surface area contributed by atoms with E-state index in [0.717, 1.165) is 23.2 Å². The Morgan fingerprint density at radius 3 is 2.76 bits per heavy atom. The van der Waals surface area contributed by atoms with Gasteiger partial charge in [0.25, 0.3) is 0 Å². The lowest BCUT2D eigenvalue weighted by molar-refractivity contribution is 0.174. The fourth-order valence-corrected chi connectivity index (χ4v) is 1.95. The van der Waals surface area contributed by atoms with Crippen LogP contribution in [-0.4, -0.2) is 21.8 Å². The molecule has 0 aliphatic carbocycles. The van der Waals surface area contributed by atoms with Crippen molar-refractivity contribution in [3.8, 4) is 5.88 Å². The third-order valence-electron chi connectivity index (χ3n) is 2.99. The summed E-state index contributed by atoms with van der Waals surface area (Å²) in [6.45, 7) is 4.02. The highest BCUT2D eigenvalue weighted by molar-refractivity contribution is 5.58. The molecule has 1 atom stereocenters. The van der Waals surface area contributed by atoms with E-state index in [4.69, 9.17) is 4.74 Å². The van der Waals surface area contributed by atoms with Gasteiger partial charge in [-0.3, -0.25) is 0 Å². The molecule has 2 aromatic heterocycles. The van der Waals surface area contributed by atoms with Crippen molar-refractivity contribution in [1.82, 2.24) is 9.61 Å². The largest absolute Gasteiger partial charge is 0.481 e. The predicted molar refractivity (Wildman–Crippen MR) is 66.4 cm³/mol. The van der Waals surface area contributed by atoms with Gasteiger partial charge in [-0.25, -0.2) is 4.52 Å². The molecule has 0 aromatic carbocycles. The minimum Gasteiger partial charge on any atom is -0.481 e. The predicted octanol–water partition coefficient (Wildman–Crippen LogP) is 2.35. The van der Waals surface area contributed by atoms with Gasteiger partial charge in [0.05, 0.1) is 24.4 Å². The van der Waals surface area contributed by atoms with E-state index < -0.39 is 6.10 Å². The summed E-state index contributed by atoms with van der Waals surface area (Å²) in [5.41, 5.74) is 2.83. The molecule has 0 fully saturated rings. The molecular weight excluding hydrogens is 216 g/mol. The number of aryl methyl sites for hydroxylation is 1. The first-order chi connectivity index (χ1) is 8.21. The Balaban J connectivity index is 2.66. The topological polar surface area (TPSA) is 46.8 Å². The summed E-state index contributed by atoms with van der Waals surface area (Å²) in [5.74, 6) is 0.687. The van der Waals surface area contributed by atoms with Crippen molar-refractivity contribution in [2.45, 2.75) is 32.8 Å². The van der Waals surface area contributed by atoms with Crippen LogP contribution in [0.1, 0.15) is 37.6 Å². The van der Waals surface area contributed by atoms with Crippen molar-refractivity contribution >= 4 is 5.52 Å². The molecule has 2 aromatic rings. The van der Waals surface area contributed by atoms with E-state index in [1.165, 1.54) is 0 Å². The number of nitrogens with zero attached hydrogens (tertiary/aromatic N) is 2. The van der Waals surface area contributed by atoms with Gasteiger partial charge < -0.3 is 9.84 Å². The number of rotatable bonds is 4. The van der Waals surface area contributed by atoms with Crippen molar-refractivity contribution in [3.63, 3.8) is 0 Å². The summed E-state index contributed by atoms with van der Waals surface area (Å²) in [4.78, 5) is 0. The number of pyridine rings is 1. The first-order valence-corrected chi connectivity index (χ1v) is 5.94. The van der Waals surface area contributed by atoms with Crippen LogP contribution in [-0.2, 0) is 6.42 Å². The normalized spacial score (nSPS) is 12.9. The molecule has 1 N–H and O–H groups in total. The maximum Gasteiger partial charge on any atom is 0.214 e. The van der Waals surface area contributed by atoms with Crippen LogP contribution in [0.2, 0.25) is 0 Å². The SMILES string of the molecule is CCc1cc2c(C(O)CC)ccc(OC)n2n1. The first-order valence-electron chi connectivity index (χ1n) is 5.94. The number of aliphatic hydroxyl groups excluding tert-OH is 1. The highest BCUT2D eigenvalue weighted by atomic mass is 16.5. The molecular formula is C13H18N2O2. The zero-order chi connectivity index (χ0) is 12.4. The summed E-state index contributed by atoms with van der Waals surface area (Å²) in [7, 11) is 1.62. The number of methoxy groups -OCH3 is 1. The highest BCUT2D eigenvalue weighted by Gasteiger charge is 2.14. The Labute approximate surface area is 101 Å². The van der Waals surface area contributed by atoms with Crippen LogP contribution in [0.4, 0.5) is 0 Å². The van der Waals surface area contributed by atoms with Crippen molar-refractivity contribution in [1.29, 1.82) is 0 Å². The summed E-state index contributed by atoms with van der Waals surface area (Å²) < 4.78 is 7.03. The zero-order valence-corrected chi connectivity index (χ0v) is 10.5. The standard InChI is InChI=1S/C13H18N2O2/c1-4-9-8-11-10(12(16)5-2)6-7-13(17-3)15(11)14-9/h6-8,12,16H,4-5H2,1-3H3. The number of ether oxygens (including phenoxy) is 1. The van der Waals surface area contributed by atoms with E-state index in [1.54, 1.807) is 11.6 Å². The molecule has 0 aliphatic rings. The Hall–Kier alpha value is -1.55. The molecule has 4 heteroatoms. The van der Waals surface area contributed by atoms with Crippen molar-refractivity contribution < 1.29 is 9.84 Å². The lowest BCUT2D eigenvalue weighted by Crippen LogP contribution is -2.02.